The van der Waals surface area contributed by atoms with Crippen molar-refractivity contribution in [3.8, 4) is 0 Å². The Morgan fingerprint density at radius 3 is 2.67 bits per heavy atom. The number of alkyl halides is 1. The van der Waals surface area contributed by atoms with Gasteiger partial charge in [0.05, 0.1) is 41.1 Å². The lowest BCUT2D eigenvalue weighted by molar-refractivity contribution is -0.291. The Morgan fingerprint density at radius 2 is 1.95 bits per heavy atom. The molecule has 0 radical (unpaired) electrons. The van der Waals surface area contributed by atoms with E-state index in [1.807, 2.05) is 19.9 Å². The highest BCUT2D eigenvalue weighted by molar-refractivity contribution is 9.09. The van der Waals surface area contributed by atoms with Crippen LogP contribution in [0.2, 0.25) is 0 Å². The molecule has 4 saturated heterocycles. The normalized spacial score (nSPS) is 53.6. The quantitative estimate of drug-likeness (QED) is 0.136. The molecule has 42 heavy (non-hydrogen) atoms. The van der Waals surface area contributed by atoms with Gasteiger partial charge in [-0.3, -0.25) is 4.79 Å². The van der Waals surface area contributed by atoms with E-state index in [9.17, 15) is 24.6 Å². The van der Waals surface area contributed by atoms with Crippen molar-refractivity contribution in [3.05, 3.63) is 23.8 Å². The van der Waals surface area contributed by atoms with Crippen LogP contribution in [0.15, 0.2) is 23.8 Å². The molecular weight excluding hydrogens is 620 g/mol. The molecule has 2 N–H and O–H groups in total. The van der Waals surface area contributed by atoms with Crippen LogP contribution < -0.4 is 0 Å². The van der Waals surface area contributed by atoms with Crippen molar-refractivity contribution in [2.24, 2.45) is 10.8 Å². The van der Waals surface area contributed by atoms with Gasteiger partial charge in [0, 0.05) is 32.3 Å². The highest BCUT2D eigenvalue weighted by Crippen LogP contribution is 2.72. The highest BCUT2D eigenvalue weighted by atomic mass is 79.9. The van der Waals surface area contributed by atoms with Crippen LogP contribution in [0, 0.1) is 10.8 Å². The molecule has 5 fully saturated rings. The minimum Gasteiger partial charge on any atom is -0.463 e. The Bertz CT molecular complexity index is 1280. The Kier molecular flexibility index (Phi) is 6.41. The van der Waals surface area contributed by atoms with Gasteiger partial charge in [-0.2, -0.15) is 0 Å². The van der Waals surface area contributed by atoms with Crippen LogP contribution in [0.5, 0.6) is 0 Å². The molecule has 12 nitrogen and oxygen atoms in total. The lowest BCUT2D eigenvalue weighted by Crippen LogP contribution is -2.68. The van der Waals surface area contributed by atoms with Gasteiger partial charge in [0.2, 0.25) is 5.79 Å². The fourth-order valence-electron chi connectivity index (χ4n) is 8.40. The number of halogens is 1. The van der Waals surface area contributed by atoms with Crippen molar-refractivity contribution in [3.63, 3.8) is 0 Å². The van der Waals surface area contributed by atoms with Crippen LogP contribution in [0.3, 0.4) is 0 Å². The van der Waals surface area contributed by atoms with E-state index in [4.69, 9.17) is 33.2 Å². The Hall–Kier alpha value is -1.87. The van der Waals surface area contributed by atoms with Gasteiger partial charge < -0.3 is 43.4 Å². The maximum atomic E-state index is 13.6. The molecule has 5 aliphatic heterocycles. The van der Waals surface area contributed by atoms with Crippen LogP contribution >= 0.6 is 15.9 Å². The SMILES string of the molecule is CC(=O)O[C@H]1C[C@@]23COC(=O)[C@H]4O[C@@]45CCO[C@@](O)([C@@H](Br)C/C=C\C(=O)O[C@@H]4C[C@@H](O[C@@H]2C=C1C)C1(CO1)[C@]43C)[C@@H]5O. The molecule has 5 heterocycles. The molecule has 1 saturated carbocycles. The van der Waals surface area contributed by atoms with Crippen molar-refractivity contribution in [1.82, 2.24) is 0 Å². The summed E-state index contributed by atoms with van der Waals surface area (Å²) in [5.41, 5.74) is -3.25. The first-order valence-electron chi connectivity index (χ1n) is 14.4. The average molecular weight is 655 g/mol. The van der Waals surface area contributed by atoms with Crippen molar-refractivity contribution in [2.45, 2.75) is 105 Å². The molecule has 230 valence electrons. The van der Waals surface area contributed by atoms with E-state index in [1.54, 1.807) is 0 Å². The summed E-state index contributed by atoms with van der Waals surface area (Å²) in [5.74, 6) is -3.84. The van der Waals surface area contributed by atoms with Gasteiger partial charge in [0.25, 0.3) is 0 Å². The molecule has 4 bridgehead atoms. The second-order valence-electron chi connectivity index (χ2n) is 12.9. The number of hydrogen-bond donors (Lipinski definition) is 2. The molecule has 7 aliphatic rings. The lowest BCUT2D eigenvalue weighted by atomic mass is 9.51. The first-order valence-corrected chi connectivity index (χ1v) is 15.3. The fraction of sp³-hybridized carbons (Fsp3) is 0.759. The average Bonchev–Trinajstić information content (AvgIpc) is 3.84. The third-order valence-electron chi connectivity index (χ3n) is 11.0. The van der Waals surface area contributed by atoms with Crippen LogP contribution in [0.4, 0.5) is 0 Å². The number of fused-ring (bicyclic) bond motifs is 1. The minimum atomic E-state index is -2.09. The number of aliphatic hydroxyl groups excluding tert-OH is 1. The van der Waals surface area contributed by atoms with Crippen LogP contribution in [0.25, 0.3) is 0 Å². The monoisotopic (exact) mass is 654 g/mol. The maximum absolute atomic E-state index is 13.6. The van der Waals surface area contributed by atoms with Gasteiger partial charge in [0.1, 0.15) is 36.1 Å². The van der Waals surface area contributed by atoms with Crippen LogP contribution in [-0.2, 0) is 47.5 Å². The van der Waals surface area contributed by atoms with Crippen LogP contribution in [0.1, 0.15) is 46.5 Å². The molecule has 0 aromatic rings. The van der Waals surface area contributed by atoms with Crippen molar-refractivity contribution in [2.75, 3.05) is 19.8 Å². The summed E-state index contributed by atoms with van der Waals surface area (Å²) in [6.07, 6.45) is 0.708. The van der Waals surface area contributed by atoms with Crippen molar-refractivity contribution in [1.29, 1.82) is 0 Å². The van der Waals surface area contributed by atoms with Gasteiger partial charge in [-0.05, 0) is 18.9 Å². The number of carbonyl (C=O) groups excluding carboxylic acids is 3. The second kappa shape index (κ2) is 9.32. The molecular formula is C29H35BrO12. The van der Waals surface area contributed by atoms with Gasteiger partial charge in [0.15, 0.2) is 6.10 Å². The summed E-state index contributed by atoms with van der Waals surface area (Å²) in [5, 5.41) is 22.5. The molecule has 12 atom stereocenters. The summed E-state index contributed by atoms with van der Waals surface area (Å²) in [4.78, 5) is 38.1. The lowest BCUT2D eigenvalue weighted by Gasteiger charge is -2.59. The number of ether oxygens (including phenoxy) is 7. The van der Waals surface area contributed by atoms with E-state index in [0.717, 1.165) is 5.57 Å². The number of aliphatic hydroxyl groups is 2. The highest BCUT2D eigenvalue weighted by Gasteiger charge is 2.84. The van der Waals surface area contributed by atoms with E-state index in [-0.39, 0.29) is 38.6 Å². The first-order chi connectivity index (χ1) is 19.8. The van der Waals surface area contributed by atoms with E-state index in [1.165, 1.54) is 19.1 Å². The summed E-state index contributed by atoms with van der Waals surface area (Å²) >= 11 is 3.38. The third-order valence-corrected chi connectivity index (χ3v) is 12.0. The first kappa shape index (κ1) is 28.9. The number of allylic oxidation sites excluding steroid dienone is 1. The zero-order chi connectivity index (χ0) is 29.9. The number of hydrogen-bond acceptors (Lipinski definition) is 12. The summed E-state index contributed by atoms with van der Waals surface area (Å²) in [6, 6.07) is 0. The summed E-state index contributed by atoms with van der Waals surface area (Å²) in [7, 11) is 0. The third kappa shape index (κ3) is 3.70. The number of cyclic esters (lactones) is 1. The van der Waals surface area contributed by atoms with Gasteiger partial charge in [-0.1, -0.05) is 35.0 Å². The second-order valence-corrected chi connectivity index (χ2v) is 14.0. The van der Waals surface area contributed by atoms with Crippen molar-refractivity contribution < 1.29 is 57.8 Å². The van der Waals surface area contributed by atoms with Gasteiger partial charge in [-0.25, -0.2) is 9.59 Å². The topological polar surface area (TPSA) is 163 Å². The Morgan fingerprint density at radius 1 is 1.19 bits per heavy atom. The molecule has 1 unspecified atom stereocenters. The largest absolute Gasteiger partial charge is 0.463 e. The Labute approximate surface area is 250 Å². The number of rotatable bonds is 1. The van der Waals surface area contributed by atoms with E-state index < -0.39 is 81.1 Å². The Balaban J connectivity index is 1.31. The molecule has 13 heteroatoms. The molecule has 7 rings (SSSR count). The zero-order valence-corrected chi connectivity index (χ0v) is 25.2. The standard InChI is InChI=1S/C29H35BrO12/c1-14-9-19-26(11-16(14)39-15(2)31)12-36-23(33)22-27(42-22)7-8-37-29(35,24(27)34)17(30)5-4-6-21(32)41-18-10-20(40-19)28(13-38-28)25(18,26)3/h4,6,9,16-20,22,24,34-35H,5,7-8,10-13H2,1-3H3/b6-4-/t16-,17-,18+,19+,20+,22+,24+,25+,26+,27-,28?,29-/m0/s1. The minimum absolute atomic E-state index is 0.0280. The van der Waals surface area contributed by atoms with Crippen LogP contribution in [-0.4, -0.2) is 106 Å². The van der Waals surface area contributed by atoms with E-state index in [2.05, 4.69) is 15.9 Å². The predicted molar refractivity (Wildman–Crippen MR) is 143 cm³/mol. The fourth-order valence-corrected chi connectivity index (χ4v) is 9.00. The summed E-state index contributed by atoms with van der Waals surface area (Å²) < 4.78 is 42.0. The summed E-state index contributed by atoms with van der Waals surface area (Å²) in [6.45, 7) is 5.42. The van der Waals surface area contributed by atoms with E-state index >= 15 is 0 Å². The van der Waals surface area contributed by atoms with Crippen molar-refractivity contribution >= 4 is 33.8 Å². The predicted octanol–water partition coefficient (Wildman–Crippen LogP) is 0.987. The van der Waals surface area contributed by atoms with E-state index in [0.29, 0.717) is 13.0 Å². The number of carbonyl (C=O) groups is 3. The molecule has 0 amide bonds. The molecule has 2 aliphatic carbocycles. The molecule has 0 aromatic heterocycles. The number of epoxide rings is 2. The maximum Gasteiger partial charge on any atom is 0.338 e. The van der Waals surface area contributed by atoms with Gasteiger partial charge in [-0.15, -0.1) is 0 Å². The smallest absolute Gasteiger partial charge is 0.338 e. The van der Waals surface area contributed by atoms with Gasteiger partial charge >= 0.3 is 17.9 Å². The molecule has 0 aromatic carbocycles. The number of esters is 3. The zero-order valence-electron chi connectivity index (χ0n) is 23.6. The molecule has 3 spiro atoms.